The van der Waals surface area contributed by atoms with Crippen LogP contribution in [0.5, 0.6) is 0 Å². The van der Waals surface area contributed by atoms with Gasteiger partial charge in [-0.05, 0) is 142 Å². The van der Waals surface area contributed by atoms with Crippen molar-refractivity contribution in [3.8, 4) is 11.5 Å². The van der Waals surface area contributed by atoms with E-state index in [0.29, 0.717) is 67.4 Å². The van der Waals surface area contributed by atoms with Crippen LogP contribution in [0.1, 0.15) is 61.7 Å². The Morgan fingerprint density at radius 3 is 1.32 bits per heavy atom. The van der Waals surface area contributed by atoms with Crippen LogP contribution in [0.25, 0.3) is 59.9 Å². The maximum Gasteiger partial charge on any atom is 0.335 e. The van der Waals surface area contributed by atoms with E-state index in [1.54, 1.807) is 37.2 Å². The number of benzene rings is 4. The van der Waals surface area contributed by atoms with Crippen LogP contribution in [0.3, 0.4) is 0 Å². The summed E-state index contributed by atoms with van der Waals surface area (Å²) >= 11 is 0. The molecule has 0 spiro atoms. The Morgan fingerprint density at radius 1 is 0.495 bits per heavy atom. The maximum absolute atomic E-state index is 14.0. The standard InChI is InChI=1S/C19H27N5O3S.C18H21N5O3S.C16H18FN5O2S.C16H20N4O4S/c1-28(25,26)22-12-15-3-2-6-24(13-15)19-17-11-16(23-7-9-27-10-8-23)4-5-18(17)20-14-21-19;1-27(24,25)22-10-13-3-2-7-23(11-13)17-15-9-14(18-19-6-8-26-18)4-5-16(15)20-12-21-17;1-18-15-7-14-12(6-13(15)17)16(20-10-19-14)22-5-3-4-11(9-22)8-21-25(2,23)24;1-25(23,24)19-8-11-3-2-6-20(9-11)15-13-5-4-12(16(21)22)7-14(13)17-10-18-15/h4-5,11,14-15,22H,2-3,6-10,12-13H2,1H3;4-6,8-9,12-13,22H,2-3,7,10-11H2,1H3;6-7,10-11,21H,3-5,8-9H2,2H3;4-5,7,10-11,19H,2-3,6,8-9H2,1H3,(H,21,22). The highest BCUT2D eigenvalue weighted by molar-refractivity contribution is 7.89. The summed E-state index contributed by atoms with van der Waals surface area (Å²) in [5, 5.41) is 12.4. The molecular formula is C69H86FN19O12S4. The number of rotatable bonds is 19. The molecule has 4 unspecified atom stereocenters. The lowest BCUT2D eigenvalue weighted by molar-refractivity contribution is 0.0696. The summed E-state index contributed by atoms with van der Waals surface area (Å²) in [5.41, 5.74) is 5.05. The summed E-state index contributed by atoms with van der Waals surface area (Å²) in [6.07, 6.45) is 21.6. The maximum atomic E-state index is 14.0. The SMILES string of the molecule is CS(=O)(=O)NCC1CCCN(c2ncnc3cc(C(=O)O)ccc23)C1.CS(=O)(=O)NCC1CCCN(c2ncnc3ccc(-c4ncco4)cc23)C1.CS(=O)(=O)NCC1CCCN(c2ncnc3ccc(N4CCOCC4)cc23)C1.[C-]#[N+]c1cc2ncnc(N3CCCC(CNS(C)(=O)=O)C3)c2cc1F. The van der Waals surface area contributed by atoms with Crippen molar-refractivity contribution >= 4 is 124 Å². The minimum Gasteiger partial charge on any atom is -0.478 e. The average Bonchev–Trinajstić information content (AvgIpc) is 1.44. The number of piperidine rings is 4. The lowest BCUT2D eigenvalue weighted by Crippen LogP contribution is -2.41. The Labute approximate surface area is 609 Å². The predicted molar refractivity (Wildman–Crippen MR) is 401 cm³/mol. The highest BCUT2D eigenvalue weighted by Gasteiger charge is 2.29. The van der Waals surface area contributed by atoms with Crippen molar-refractivity contribution in [3.63, 3.8) is 0 Å². The van der Waals surface area contributed by atoms with Crippen molar-refractivity contribution in [2.75, 3.05) is 154 Å². The number of sulfonamides is 4. The first kappa shape index (κ1) is 77.1. The van der Waals surface area contributed by atoms with Crippen LogP contribution in [0, 0.1) is 36.1 Å². The van der Waals surface area contributed by atoms with Crippen molar-refractivity contribution < 1.29 is 57.1 Å². The van der Waals surface area contributed by atoms with Crippen molar-refractivity contribution in [2.24, 2.45) is 23.7 Å². The summed E-state index contributed by atoms with van der Waals surface area (Å²) in [6.45, 7) is 18.2. The number of halogens is 1. The Kier molecular flexibility index (Phi) is 25.3. The molecule has 560 valence electrons. The predicted octanol–water partition coefficient (Wildman–Crippen LogP) is 6.46. The number of morpholine rings is 1. The minimum atomic E-state index is -3.23. The molecule has 0 radical (unpaired) electrons. The fourth-order valence-electron chi connectivity index (χ4n) is 13.7. The van der Waals surface area contributed by atoms with E-state index in [4.69, 9.17) is 20.8 Å². The Morgan fingerprint density at radius 2 is 0.905 bits per heavy atom. The monoisotopic (exact) mass is 1520 g/mol. The number of ether oxygens (including phenoxy) is 1. The molecule has 105 heavy (non-hydrogen) atoms. The molecule has 36 heteroatoms. The summed E-state index contributed by atoms with van der Waals surface area (Å²) in [6, 6.07) is 19.7. The van der Waals surface area contributed by atoms with Gasteiger partial charge < -0.3 is 38.8 Å². The van der Waals surface area contributed by atoms with Crippen LogP contribution < -0.4 is 43.4 Å². The van der Waals surface area contributed by atoms with E-state index in [9.17, 15) is 42.9 Å². The molecule has 4 atom stereocenters. The van der Waals surface area contributed by atoms with E-state index in [1.165, 1.54) is 49.1 Å². The zero-order chi connectivity index (χ0) is 74.5. The molecule has 0 aliphatic carbocycles. The third-order valence-electron chi connectivity index (χ3n) is 18.7. The van der Waals surface area contributed by atoms with Gasteiger partial charge in [0.2, 0.25) is 51.7 Å². The van der Waals surface area contributed by atoms with Gasteiger partial charge in [0.05, 0.1) is 78.6 Å². The number of aromatic carboxylic acids is 1. The molecule has 5 aromatic heterocycles. The second kappa shape index (κ2) is 34.5. The summed E-state index contributed by atoms with van der Waals surface area (Å²) in [7, 11) is -12.8. The molecule has 5 saturated heterocycles. The number of nitrogens with zero attached hydrogens (tertiary/aromatic N) is 15. The fraction of sp³-hybridized carbons (Fsp3) is 0.464. The van der Waals surface area contributed by atoms with E-state index >= 15 is 0 Å². The van der Waals surface area contributed by atoms with Gasteiger partial charge in [0, 0.05) is 124 Å². The normalized spacial score (nSPS) is 19.1. The molecule has 14 rings (SSSR count). The van der Waals surface area contributed by atoms with Crippen LogP contribution in [0.2, 0.25) is 0 Å². The van der Waals surface area contributed by atoms with Crippen molar-refractivity contribution in [2.45, 2.75) is 51.4 Å². The second-order valence-electron chi connectivity index (χ2n) is 26.9. The molecule has 5 N–H and O–H groups in total. The molecule has 10 heterocycles. The number of nitrogens with one attached hydrogen (secondary N) is 4. The smallest absolute Gasteiger partial charge is 0.335 e. The fourth-order valence-corrected chi connectivity index (χ4v) is 15.8. The largest absolute Gasteiger partial charge is 0.478 e. The first-order chi connectivity index (χ1) is 50.2. The number of anilines is 5. The van der Waals surface area contributed by atoms with Gasteiger partial charge in [-0.25, -0.2) is 111 Å². The zero-order valence-electron chi connectivity index (χ0n) is 58.8. The van der Waals surface area contributed by atoms with E-state index in [0.717, 1.165) is 180 Å². The number of carboxylic acid groups (broad SMARTS) is 1. The minimum absolute atomic E-state index is 0.0639. The Hall–Kier alpha value is -9.06. The summed E-state index contributed by atoms with van der Waals surface area (Å²) < 4.78 is 126. The van der Waals surface area contributed by atoms with Crippen LogP contribution in [-0.2, 0) is 44.8 Å². The summed E-state index contributed by atoms with van der Waals surface area (Å²) in [4.78, 5) is 64.3. The number of fused-ring (bicyclic) bond motifs is 4. The molecular weight excluding hydrogens is 1430 g/mol. The van der Waals surface area contributed by atoms with Gasteiger partial charge in [-0.3, -0.25) is 0 Å². The Bertz CT molecular complexity index is 5060. The number of hydrogen-bond acceptors (Lipinski definition) is 25. The van der Waals surface area contributed by atoms with E-state index in [2.05, 4.69) is 106 Å². The lowest BCUT2D eigenvalue weighted by Gasteiger charge is -2.34. The number of carboxylic acids is 1. The number of carbonyl (C=O) groups is 1. The highest BCUT2D eigenvalue weighted by Crippen LogP contribution is 2.36. The van der Waals surface area contributed by atoms with Gasteiger partial charge in [0.25, 0.3) is 0 Å². The molecule has 0 amide bonds. The average molecular weight is 1520 g/mol. The van der Waals surface area contributed by atoms with Crippen molar-refractivity contribution in [1.29, 1.82) is 0 Å². The molecule has 5 aliphatic rings. The van der Waals surface area contributed by atoms with Crippen molar-refractivity contribution in [1.82, 2.24) is 63.7 Å². The van der Waals surface area contributed by atoms with Gasteiger partial charge in [-0.2, -0.15) is 0 Å². The van der Waals surface area contributed by atoms with Gasteiger partial charge in [-0.1, -0.05) is 0 Å². The molecule has 31 nitrogen and oxygen atoms in total. The highest BCUT2D eigenvalue weighted by atomic mass is 32.2. The van der Waals surface area contributed by atoms with Gasteiger partial charge in [0.1, 0.15) is 60.7 Å². The van der Waals surface area contributed by atoms with Gasteiger partial charge in [0.15, 0.2) is 0 Å². The molecule has 9 aromatic rings. The van der Waals surface area contributed by atoms with Crippen LogP contribution in [-0.4, -0.2) is 219 Å². The second-order valence-corrected chi connectivity index (χ2v) is 34.3. The third kappa shape index (κ3) is 21.6. The first-order valence-corrected chi connectivity index (χ1v) is 42.1. The first-order valence-electron chi connectivity index (χ1n) is 34.5. The Balaban J connectivity index is 0.000000140. The topological polar surface area (TPSA) is 381 Å². The molecule has 0 bridgehead atoms. The zero-order valence-corrected chi connectivity index (χ0v) is 62.0. The number of aromatic nitrogens is 9. The van der Waals surface area contributed by atoms with Crippen LogP contribution >= 0.6 is 0 Å². The van der Waals surface area contributed by atoms with E-state index in [-0.39, 0.29) is 34.9 Å². The van der Waals surface area contributed by atoms with Gasteiger partial charge in [-0.15, -0.1) is 0 Å². The van der Waals surface area contributed by atoms with Gasteiger partial charge >= 0.3 is 5.97 Å². The lowest BCUT2D eigenvalue weighted by atomic mass is 9.98. The number of oxazole rings is 1. The van der Waals surface area contributed by atoms with E-state index in [1.807, 2.05) is 23.1 Å². The van der Waals surface area contributed by atoms with E-state index < -0.39 is 51.9 Å². The van der Waals surface area contributed by atoms with Crippen molar-refractivity contribution in [3.05, 3.63) is 127 Å². The molecule has 5 fully saturated rings. The quantitative estimate of drug-likeness (QED) is 0.0542. The molecule has 4 aromatic carbocycles. The van der Waals surface area contributed by atoms with Crippen LogP contribution in [0.15, 0.2) is 109 Å². The van der Waals surface area contributed by atoms with Crippen LogP contribution in [0.4, 0.5) is 39.0 Å². The molecule has 0 saturated carbocycles. The number of hydrogen-bond donors (Lipinski definition) is 5. The third-order valence-corrected chi connectivity index (χ3v) is 21.5. The molecule has 5 aliphatic heterocycles. The summed E-state index contributed by atoms with van der Waals surface area (Å²) in [5.74, 6) is 3.01.